The molecule has 0 aromatic carbocycles. The summed E-state index contributed by atoms with van der Waals surface area (Å²) in [6.07, 6.45) is 10.2. The Morgan fingerprint density at radius 2 is 1.53 bits per heavy atom. The van der Waals surface area contributed by atoms with Gasteiger partial charge in [-0.2, -0.15) is 0 Å². The van der Waals surface area contributed by atoms with Crippen molar-refractivity contribution in [2.45, 2.75) is 65.7 Å². The van der Waals surface area contributed by atoms with Crippen LogP contribution in [-0.2, 0) is 0 Å². The Labute approximate surface area is 108 Å². The first-order chi connectivity index (χ1) is 8.08. The van der Waals surface area contributed by atoms with Crippen LogP contribution in [0.4, 0.5) is 0 Å². The van der Waals surface area contributed by atoms with Crippen LogP contribution in [0.2, 0.25) is 0 Å². The molecule has 2 aliphatic heterocycles. The van der Waals surface area contributed by atoms with Gasteiger partial charge in [0, 0.05) is 12.8 Å². The highest BCUT2D eigenvalue weighted by atomic mass is 15.4. The van der Waals surface area contributed by atoms with E-state index in [1.165, 1.54) is 75.6 Å². The molecule has 2 rings (SSSR count). The lowest BCUT2D eigenvalue weighted by molar-refractivity contribution is -0.938. The third kappa shape index (κ3) is 3.05. The lowest BCUT2D eigenvalue weighted by Crippen LogP contribution is -2.56. The van der Waals surface area contributed by atoms with Crippen molar-refractivity contribution in [3.63, 3.8) is 0 Å². The molecule has 0 amide bonds. The van der Waals surface area contributed by atoms with E-state index in [1.807, 2.05) is 0 Å². The summed E-state index contributed by atoms with van der Waals surface area (Å²) < 4.78 is 1.48. The standard InChI is InChI=1S/C16H32N/c1-4-10-16(2,3)15-8-13-17(14-9-15)11-6-5-7-12-17/h15H,4-14H2,1-3H3/q+1. The van der Waals surface area contributed by atoms with Gasteiger partial charge in [-0.15, -0.1) is 0 Å². The molecular weight excluding hydrogens is 206 g/mol. The summed E-state index contributed by atoms with van der Waals surface area (Å²) in [7, 11) is 0. The van der Waals surface area contributed by atoms with Gasteiger partial charge >= 0.3 is 0 Å². The van der Waals surface area contributed by atoms with Gasteiger partial charge in [0.05, 0.1) is 26.2 Å². The van der Waals surface area contributed by atoms with E-state index in [0.29, 0.717) is 5.41 Å². The predicted molar refractivity (Wildman–Crippen MR) is 75.0 cm³/mol. The molecule has 100 valence electrons. The van der Waals surface area contributed by atoms with Crippen molar-refractivity contribution in [3.05, 3.63) is 0 Å². The summed E-state index contributed by atoms with van der Waals surface area (Å²) in [6, 6.07) is 0. The second-order valence-corrected chi connectivity index (χ2v) is 7.31. The first-order valence-corrected chi connectivity index (χ1v) is 7.93. The average Bonchev–Trinajstić information content (AvgIpc) is 2.30. The number of nitrogens with zero attached hydrogens (tertiary/aromatic N) is 1. The van der Waals surface area contributed by atoms with E-state index in [9.17, 15) is 0 Å². The molecule has 1 heteroatoms. The minimum absolute atomic E-state index is 0.592. The van der Waals surface area contributed by atoms with Crippen molar-refractivity contribution < 1.29 is 4.48 Å². The van der Waals surface area contributed by atoms with Crippen LogP contribution in [0.15, 0.2) is 0 Å². The molecule has 0 N–H and O–H groups in total. The Kier molecular flexibility index (Phi) is 4.18. The van der Waals surface area contributed by atoms with Crippen molar-refractivity contribution in [2.24, 2.45) is 11.3 Å². The van der Waals surface area contributed by atoms with Crippen LogP contribution in [0.3, 0.4) is 0 Å². The largest absolute Gasteiger partial charge is 0.324 e. The van der Waals surface area contributed by atoms with Crippen molar-refractivity contribution in [1.29, 1.82) is 0 Å². The van der Waals surface area contributed by atoms with Crippen LogP contribution in [0, 0.1) is 11.3 Å². The smallest absolute Gasteiger partial charge is 0.0789 e. The molecule has 0 aliphatic carbocycles. The van der Waals surface area contributed by atoms with E-state index in [4.69, 9.17) is 0 Å². The Morgan fingerprint density at radius 1 is 0.941 bits per heavy atom. The second-order valence-electron chi connectivity index (χ2n) is 7.31. The SMILES string of the molecule is CCCC(C)(C)C1CC[N+]2(CCCCC2)CC1. The molecule has 2 heterocycles. The Bertz CT molecular complexity index is 228. The topological polar surface area (TPSA) is 0 Å². The number of hydrogen-bond donors (Lipinski definition) is 0. The quantitative estimate of drug-likeness (QED) is 0.646. The highest BCUT2D eigenvalue weighted by molar-refractivity contribution is 4.80. The first-order valence-electron chi connectivity index (χ1n) is 7.93. The minimum atomic E-state index is 0.592. The molecule has 0 aromatic heterocycles. The van der Waals surface area contributed by atoms with Crippen molar-refractivity contribution in [1.82, 2.24) is 0 Å². The fourth-order valence-corrected chi connectivity index (χ4v) is 4.38. The zero-order chi connectivity index (χ0) is 12.4. The maximum Gasteiger partial charge on any atom is 0.0789 e. The summed E-state index contributed by atoms with van der Waals surface area (Å²) in [5, 5.41) is 0. The van der Waals surface area contributed by atoms with Gasteiger partial charge in [0.15, 0.2) is 0 Å². The summed E-state index contributed by atoms with van der Waals surface area (Å²) in [5.74, 6) is 0.994. The lowest BCUT2D eigenvalue weighted by Gasteiger charge is -2.49. The maximum atomic E-state index is 2.51. The van der Waals surface area contributed by atoms with E-state index in [0.717, 1.165) is 5.92 Å². The number of hydrogen-bond acceptors (Lipinski definition) is 0. The maximum absolute atomic E-state index is 2.51. The molecule has 2 saturated heterocycles. The van der Waals surface area contributed by atoms with Crippen LogP contribution in [-0.4, -0.2) is 30.7 Å². The molecule has 0 unspecified atom stereocenters. The van der Waals surface area contributed by atoms with Crippen molar-refractivity contribution in [3.8, 4) is 0 Å². The van der Waals surface area contributed by atoms with Crippen LogP contribution in [0.25, 0.3) is 0 Å². The summed E-state index contributed by atoms with van der Waals surface area (Å²) >= 11 is 0. The van der Waals surface area contributed by atoms with Crippen molar-refractivity contribution in [2.75, 3.05) is 26.2 Å². The monoisotopic (exact) mass is 238 g/mol. The molecule has 0 saturated carbocycles. The van der Waals surface area contributed by atoms with Crippen LogP contribution < -0.4 is 0 Å². The van der Waals surface area contributed by atoms with Gasteiger partial charge < -0.3 is 4.48 Å². The number of rotatable bonds is 3. The highest BCUT2D eigenvalue weighted by Crippen LogP contribution is 2.40. The third-order valence-corrected chi connectivity index (χ3v) is 5.67. The molecule has 1 nitrogen and oxygen atoms in total. The van der Waals surface area contributed by atoms with Crippen molar-refractivity contribution >= 4 is 0 Å². The highest BCUT2D eigenvalue weighted by Gasteiger charge is 2.39. The summed E-state index contributed by atoms with van der Waals surface area (Å²) in [5.41, 5.74) is 0.592. The van der Waals surface area contributed by atoms with E-state index in [2.05, 4.69) is 20.8 Å². The zero-order valence-electron chi connectivity index (χ0n) is 12.3. The van der Waals surface area contributed by atoms with E-state index >= 15 is 0 Å². The first kappa shape index (κ1) is 13.4. The summed E-state index contributed by atoms with van der Waals surface area (Å²) in [4.78, 5) is 0. The van der Waals surface area contributed by atoms with Gasteiger partial charge in [0.2, 0.25) is 0 Å². The fourth-order valence-electron chi connectivity index (χ4n) is 4.38. The molecule has 1 spiro atoms. The van der Waals surface area contributed by atoms with Crippen LogP contribution in [0.1, 0.15) is 65.7 Å². The molecule has 0 bridgehead atoms. The fraction of sp³-hybridized carbons (Fsp3) is 1.00. The van der Waals surface area contributed by atoms with Gasteiger partial charge in [-0.3, -0.25) is 0 Å². The molecule has 17 heavy (non-hydrogen) atoms. The van der Waals surface area contributed by atoms with Gasteiger partial charge in [-0.25, -0.2) is 0 Å². The molecule has 2 fully saturated rings. The molecule has 0 atom stereocenters. The third-order valence-electron chi connectivity index (χ3n) is 5.67. The number of quaternary nitrogens is 1. The van der Waals surface area contributed by atoms with Gasteiger partial charge in [-0.1, -0.05) is 27.2 Å². The Morgan fingerprint density at radius 3 is 2.06 bits per heavy atom. The Hall–Kier alpha value is -0.0400. The second kappa shape index (κ2) is 5.30. The van der Waals surface area contributed by atoms with E-state index < -0.39 is 0 Å². The molecule has 2 aliphatic rings. The van der Waals surface area contributed by atoms with Crippen LogP contribution >= 0.6 is 0 Å². The number of piperidine rings is 2. The van der Waals surface area contributed by atoms with Gasteiger partial charge in [0.1, 0.15) is 0 Å². The molecule has 0 radical (unpaired) electrons. The normalized spacial score (nSPS) is 26.3. The lowest BCUT2D eigenvalue weighted by atomic mass is 9.70. The molecular formula is C16H32N+. The van der Waals surface area contributed by atoms with E-state index in [1.54, 1.807) is 0 Å². The van der Waals surface area contributed by atoms with E-state index in [-0.39, 0.29) is 0 Å². The summed E-state index contributed by atoms with van der Waals surface area (Å²) in [6.45, 7) is 13.3. The predicted octanol–water partition coefficient (Wildman–Crippen LogP) is 4.22. The minimum Gasteiger partial charge on any atom is -0.324 e. The van der Waals surface area contributed by atoms with Crippen LogP contribution in [0.5, 0.6) is 0 Å². The zero-order valence-corrected chi connectivity index (χ0v) is 12.3. The van der Waals surface area contributed by atoms with Gasteiger partial charge in [-0.05, 0) is 37.0 Å². The average molecular weight is 238 g/mol. The van der Waals surface area contributed by atoms with Gasteiger partial charge in [0.25, 0.3) is 0 Å². The Balaban J connectivity index is 1.88. The molecule has 0 aromatic rings.